The summed E-state index contributed by atoms with van der Waals surface area (Å²) in [7, 11) is -3.74. The Kier molecular flexibility index (Phi) is 5.80. The smallest absolute Gasteiger partial charge is 0.352 e. The molecule has 24 heavy (non-hydrogen) atoms. The van der Waals surface area contributed by atoms with Crippen molar-refractivity contribution in [3.8, 4) is 0 Å². The predicted molar refractivity (Wildman–Crippen MR) is 91.6 cm³/mol. The molecule has 2 N–H and O–H groups in total. The maximum absolute atomic E-state index is 12.4. The summed E-state index contributed by atoms with van der Waals surface area (Å²) >= 11 is 0. The molecule has 0 amide bonds. The number of aromatic carboxylic acids is 1. The monoisotopic (exact) mass is 350 g/mol. The fourth-order valence-electron chi connectivity index (χ4n) is 2.49. The highest BCUT2D eigenvalue weighted by Gasteiger charge is 2.22. The summed E-state index contributed by atoms with van der Waals surface area (Å²) in [5.74, 6) is -1.14. The van der Waals surface area contributed by atoms with Gasteiger partial charge in [-0.05, 0) is 38.3 Å². The van der Waals surface area contributed by atoms with E-state index in [1.165, 1.54) is 16.8 Å². The molecule has 1 unspecified atom stereocenters. The molecule has 0 aliphatic carbocycles. The minimum Gasteiger partial charge on any atom is -0.477 e. The first-order chi connectivity index (χ1) is 11.3. The first kappa shape index (κ1) is 18.2. The number of carboxylic acid groups (broad SMARTS) is 1. The molecule has 0 saturated carbocycles. The molecule has 6 nitrogen and oxygen atoms in total. The van der Waals surface area contributed by atoms with E-state index in [9.17, 15) is 13.2 Å². The van der Waals surface area contributed by atoms with Crippen LogP contribution in [-0.4, -0.2) is 30.1 Å². The summed E-state index contributed by atoms with van der Waals surface area (Å²) in [5, 5.41) is 9.13. The number of rotatable bonds is 8. The third kappa shape index (κ3) is 4.46. The van der Waals surface area contributed by atoms with Crippen molar-refractivity contribution in [2.75, 3.05) is 0 Å². The Morgan fingerprint density at radius 1 is 1.29 bits per heavy atom. The van der Waals surface area contributed by atoms with Crippen LogP contribution in [0.4, 0.5) is 0 Å². The lowest BCUT2D eigenvalue weighted by molar-refractivity contribution is 0.0685. The molecule has 1 heterocycles. The van der Waals surface area contributed by atoms with Gasteiger partial charge in [0.25, 0.3) is 0 Å². The van der Waals surface area contributed by atoms with E-state index in [1.807, 2.05) is 30.3 Å². The van der Waals surface area contributed by atoms with Crippen molar-refractivity contribution in [1.82, 2.24) is 9.29 Å². The number of hydrogen-bond acceptors (Lipinski definition) is 3. The summed E-state index contributed by atoms with van der Waals surface area (Å²) < 4.78 is 28.9. The number of carbonyl (C=O) groups is 1. The van der Waals surface area contributed by atoms with E-state index in [4.69, 9.17) is 5.11 Å². The second kappa shape index (κ2) is 7.63. The van der Waals surface area contributed by atoms with Crippen LogP contribution in [0.3, 0.4) is 0 Å². The molecule has 0 fully saturated rings. The van der Waals surface area contributed by atoms with Crippen LogP contribution in [0, 0.1) is 0 Å². The molecule has 0 radical (unpaired) electrons. The van der Waals surface area contributed by atoms with Crippen LogP contribution >= 0.6 is 0 Å². The van der Waals surface area contributed by atoms with Gasteiger partial charge in [0.05, 0.1) is 0 Å². The van der Waals surface area contributed by atoms with Crippen LogP contribution in [0.15, 0.2) is 47.5 Å². The third-order valence-corrected chi connectivity index (χ3v) is 5.36. The standard InChI is InChI=1S/C17H22N2O4S/c1-3-19-12-15(11-16(19)17(20)21)24(22,23)18-13(2)9-10-14-7-5-4-6-8-14/h4-8,11-13,18H,3,9-10H2,1-2H3,(H,20,21). The maximum atomic E-state index is 12.4. The Morgan fingerprint density at radius 3 is 2.50 bits per heavy atom. The number of nitrogens with one attached hydrogen (secondary N) is 1. The van der Waals surface area contributed by atoms with Crippen molar-refractivity contribution < 1.29 is 18.3 Å². The second-order valence-electron chi connectivity index (χ2n) is 5.70. The first-order valence-electron chi connectivity index (χ1n) is 7.83. The highest BCUT2D eigenvalue weighted by molar-refractivity contribution is 7.89. The quantitative estimate of drug-likeness (QED) is 0.766. The lowest BCUT2D eigenvalue weighted by Gasteiger charge is -2.13. The maximum Gasteiger partial charge on any atom is 0.352 e. The van der Waals surface area contributed by atoms with Gasteiger partial charge in [-0.25, -0.2) is 17.9 Å². The van der Waals surface area contributed by atoms with E-state index in [0.29, 0.717) is 13.0 Å². The highest BCUT2D eigenvalue weighted by Crippen LogP contribution is 2.16. The van der Waals surface area contributed by atoms with E-state index in [-0.39, 0.29) is 16.6 Å². The molecule has 130 valence electrons. The van der Waals surface area contributed by atoms with Gasteiger partial charge in [0.15, 0.2) is 0 Å². The molecule has 0 saturated heterocycles. The van der Waals surface area contributed by atoms with Gasteiger partial charge >= 0.3 is 5.97 Å². The van der Waals surface area contributed by atoms with Crippen LogP contribution in [-0.2, 0) is 23.0 Å². The molecule has 1 atom stereocenters. The van der Waals surface area contributed by atoms with Crippen molar-refractivity contribution in [2.24, 2.45) is 0 Å². The summed E-state index contributed by atoms with van der Waals surface area (Å²) in [5.41, 5.74) is 1.11. The van der Waals surface area contributed by atoms with Gasteiger partial charge in [0.2, 0.25) is 10.0 Å². The lowest BCUT2D eigenvalue weighted by Crippen LogP contribution is -2.32. The summed E-state index contributed by atoms with van der Waals surface area (Å²) in [6.45, 7) is 3.95. The first-order valence-corrected chi connectivity index (χ1v) is 9.31. The number of aryl methyl sites for hydroxylation is 2. The molecule has 0 bridgehead atoms. The van der Waals surface area contributed by atoms with E-state index in [2.05, 4.69) is 4.72 Å². The van der Waals surface area contributed by atoms with E-state index >= 15 is 0 Å². The molecule has 1 aromatic carbocycles. The number of hydrogen-bond donors (Lipinski definition) is 2. The Balaban J connectivity index is 2.06. The van der Waals surface area contributed by atoms with Gasteiger partial charge in [-0.1, -0.05) is 30.3 Å². The number of benzene rings is 1. The van der Waals surface area contributed by atoms with Gasteiger partial charge in [0.1, 0.15) is 10.6 Å². The fourth-order valence-corrected chi connectivity index (χ4v) is 3.81. The number of carboxylic acids is 1. The van der Waals surface area contributed by atoms with Crippen molar-refractivity contribution in [3.05, 3.63) is 53.9 Å². The van der Waals surface area contributed by atoms with Crippen LogP contribution in [0.1, 0.15) is 36.3 Å². The zero-order valence-corrected chi connectivity index (χ0v) is 14.6. The van der Waals surface area contributed by atoms with E-state index in [1.54, 1.807) is 13.8 Å². The van der Waals surface area contributed by atoms with E-state index < -0.39 is 16.0 Å². The number of nitrogens with zero attached hydrogens (tertiary/aromatic N) is 1. The fraction of sp³-hybridized carbons (Fsp3) is 0.353. The predicted octanol–water partition coefficient (Wildman–Crippen LogP) is 2.51. The third-order valence-electron chi connectivity index (χ3n) is 3.81. The lowest BCUT2D eigenvalue weighted by atomic mass is 10.1. The molecule has 0 aliphatic rings. The molecular weight excluding hydrogens is 328 g/mol. The van der Waals surface area contributed by atoms with Crippen molar-refractivity contribution in [3.63, 3.8) is 0 Å². The molecular formula is C17H22N2O4S. The summed E-state index contributed by atoms with van der Waals surface area (Å²) in [4.78, 5) is 11.1. The van der Waals surface area contributed by atoms with Crippen molar-refractivity contribution >= 4 is 16.0 Å². The SMILES string of the molecule is CCn1cc(S(=O)(=O)NC(C)CCc2ccccc2)cc1C(=O)O. The topological polar surface area (TPSA) is 88.4 Å². The number of sulfonamides is 1. The molecule has 2 rings (SSSR count). The molecule has 1 aromatic heterocycles. The van der Waals surface area contributed by atoms with Crippen LogP contribution < -0.4 is 4.72 Å². The highest BCUT2D eigenvalue weighted by atomic mass is 32.2. The van der Waals surface area contributed by atoms with Gasteiger partial charge in [-0.15, -0.1) is 0 Å². The van der Waals surface area contributed by atoms with Crippen LogP contribution in [0.2, 0.25) is 0 Å². The Morgan fingerprint density at radius 2 is 1.96 bits per heavy atom. The summed E-state index contributed by atoms with van der Waals surface area (Å²) in [6, 6.07) is 10.8. The average molecular weight is 350 g/mol. The Hall–Kier alpha value is -2.12. The molecule has 0 aliphatic heterocycles. The molecule has 7 heteroatoms. The van der Waals surface area contributed by atoms with Crippen LogP contribution in [0.5, 0.6) is 0 Å². The van der Waals surface area contributed by atoms with Crippen LogP contribution in [0.25, 0.3) is 0 Å². The largest absolute Gasteiger partial charge is 0.477 e. The summed E-state index contributed by atoms with van der Waals surface area (Å²) in [6.07, 6.45) is 2.78. The molecule has 2 aromatic rings. The second-order valence-corrected chi connectivity index (χ2v) is 7.41. The van der Waals surface area contributed by atoms with Gasteiger partial charge in [-0.2, -0.15) is 0 Å². The zero-order valence-electron chi connectivity index (χ0n) is 13.8. The van der Waals surface area contributed by atoms with Gasteiger partial charge in [-0.3, -0.25) is 0 Å². The zero-order chi connectivity index (χ0) is 17.7. The van der Waals surface area contributed by atoms with Crippen molar-refractivity contribution in [1.29, 1.82) is 0 Å². The normalized spacial score (nSPS) is 12.9. The van der Waals surface area contributed by atoms with Gasteiger partial charge in [0, 0.05) is 18.8 Å². The average Bonchev–Trinajstić information content (AvgIpc) is 2.99. The number of aromatic nitrogens is 1. The minimum atomic E-state index is -3.74. The van der Waals surface area contributed by atoms with E-state index in [0.717, 1.165) is 12.0 Å². The Bertz CT molecular complexity index is 797. The minimum absolute atomic E-state index is 0.0201. The van der Waals surface area contributed by atoms with Crippen molar-refractivity contribution in [2.45, 2.75) is 44.2 Å². The molecule has 0 spiro atoms. The Labute approximate surface area is 142 Å². The van der Waals surface area contributed by atoms with Gasteiger partial charge < -0.3 is 9.67 Å².